The number of hydrogen-bond donors (Lipinski definition) is 1. The number of halogens is 1. The Hall–Kier alpha value is -2.98. The lowest BCUT2D eigenvalue weighted by atomic mass is 9.94. The van der Waals surface area contributed by atoms with Crippen molar-refractivity contribution >= 4 is 23.1 Å². The molecule has 0 saturated heterocycles. The van der Waals surface area contributed by atoms with Crippen LogP contribution in [0.25, 0.3) is 5.57 Å². The second-order valence-corrected chi connectivity index (χ2v) is 8.75. The topological polar surface area (TPSA) is 47.6 Å². The van der Waals surface area contributed by atoms with E-state index in [1.165, 1.54) is 11.1 Å². The van der Waals surface area contributed by atoms with Gasteiger partial charge in [-0.3, -0.25) is 4.79 Å². The van der Waals surface area contributed by atoms with Crippen LogP contribution in [0, 0.1) is 6.92 Å². The quantitative estimate of drug-likeness (QED) is 0.658. The molecule has 1 aliphatic heterocycles. The van der Waals surface area contributed by atoms with Crippen LogP contribution >= 0.6 is 11.6 Å². The molecule has 4 nitrogen and oxygen atoms in total. The van der Waals surface area contributed by atoms with Gasteiger partial charge in [0, 0.05) is 10.7 Å². The summed E-state index contributed by atoms with van der Waals surface area (Å²) in [6.07, 6.45) is 11.7. The number of nitrogens with one attached hydrogen (secondary N) is 1. The van der Waals surface area contributed by atoms with Crippen molar-refractivity contribution in [2.24, 2.45) is 0 Å². The van der Waals surface area contributed by atoms with Crippen LogP contribution in [0.1, 0.15) is 42.4 Å². The summed E-state index contributed by atoms with van der Waals surface area (Å²) in [4.78, 5) is 13.2. The number of rotatable bonds is 4. The Balaban J connectivity index is 1.30. The summed E-state index contributed by atoms with van der Waals surface area (Å²) in [6.45, 7) is 2.31. The number of fused-ring (bicyclic) bond motifs is 1. The van der Waals surface area contributed by atoms with E-state index in [-0.39, 0.29) is 12.7 Å². The first-order valence-corrected chi connectivity index (χ1v) is 11.0. The first kappa shape index (κ1) is 20.0. The third-order valence-corrected chi connectivity index (χ3v) is 6.47. The SMILES string of the molecule is Cc1cc(Cl)ccc1C1=CCC/C(NC(=O)C2(c3ccc4c(c3)OCO4)CC2)=C/C=C1. The molecular formula is C26H24ClNO3. The molecule has 31 heavy (non-hydrogen) atoms. The van der Waals surface area contributed by atoms with Gasteiger partial charge < -0.3 is 14.8 Å². The highest BCUT2D eigenvalue weighted by Crippen LogP contribution is 2.50. The predicted molar refractivity (Wildman–Crippen MR) is 122 cm³/mol. The van der Waals surface area contributed by atoms with Crippen molar-refractivity contribution < 1.29 is 14.3 Å². The van der Waals surface area contributed by atoms with Crippen molar-refractivity contribution in [3.8, 4) is 11.5 Å². The Kier molecular flexibility index (Phi) is 5.11. The Bertz CT molecular complexity index is 1140. The van der Waals surface area contributed by atoms with Gasteiger partial charge in [-0.25, -0.2) is 0 Å². The van der Waals surface area contributed by atoms with E-state index in [0.717, 1.165) is 59.0 Å². The standard InChI is InChI=1S/C26H24ClNO3/c1-17-14-20(27)9-10-22(17)18-4-2-6-21(7-3-5-18)28-25(29)26(12-13-26)19-8-11-23-24(15-19)31-16-30-23/h2,4-6,8-11,14-15H,3,7,12-13,16H2,1H3,(H,28,29)/b4-2?,18-5?,21-6-. The Morgan fingerprint density at radius 1 is 1.10 bits per heavy atom. The summed E-state index contributed by atoms with van der Waals surface area (Å²) in [5.74, 6) is 1.52. The summed E-state index contributed by atoms with van der Waals surface area (Å²) in [7, 11) is 0. The minimum absolute atomic E-state index is 0.0596. The van der Waals surface area contributed by atoms with Gasteiger partial charge >= 0.3 is 0 Å². The lowest BCUT2D eigenvalue weighted by molar-refractivity contribution is -0.122. The van der Waals surface area contributed by atoms with Gasteiger partial charge in [0.25, 0.3) is 0 Å². The summed E-state index contributed by atoms with van der Waals surface area (Å²) in [6, 6.07) is 11.8. The zero-order chi connectivity index (χ0) is 21.4. The summed E-state index contributed by atoms with van der Waals surface area (Å²) in [5.41, 5.74) is 4.99. The first-order valence-electron chi connectivity index (χ1n) is 10.6. The van der Waals surface area contributed by atoms with Gasteiger partial charge in [0.05, 0.1) is 5.41 Å². The summed E-state index contributed by atoms with van der Waals surface area (Å²) < 4.78 is 10.9. The Morgan fingerprint density at radius 2 is 1.94 bits per heavy atom. The molecule has 0 radical (unpaired) electrons. The highest BCUT2D eigenvalue weighted by Gasteiger charge is 2.51. The van der Waals surface area contributed by atoms with Crippen LogP contribution in [0.15, 0.2) is 66.4 Å². The van der Waals surface area contributed by atoms with Crippen LogP contribution in [-0.2, 0) is 10.2 Å². The minimum atomic E-state index is -0.463. The Labute approximate surface area is 187 Å². The molecule has 1 saturated carbocycles. The van der Waals surface area contributed by atoms with Crippen LogP contribution in [0.4, 0.5) is 0 Å². The van der Waals surface area contributed by atoms with Gasteiger partial charge in [-0.1, -0.05) is 42.0 Å². The van der Waals surface area contributed by atoms with Gasteiger partial charge in [-0.15, -0.1) is 0 Å². The fraction of sp³-hybridized carbons (Fsp3) is 0.269. The highest BCUT2D eigenvalue weighted by molar-refractivity contribution is 6.30. The van der Waals surface area contributed by atoms with E-state index in [1.54, 1.807) is 0 Å². The summed E-state index contributed by atoms with van der Waals surface area (Å²) in [5, 5.41) is 3.93. The number of carbonyl (C=O) groups excluding carboxylic acids is 1. The molecule has 2 aliphatic carbocycles. The molecule has 2 aromatic rings. The molecule has 1 N–H and O–H groups in total. The van der Waals surface area contributed by atoms with Crippen molar-refractivity contribution in [2.45, 2.75) is 38.0 Å². The zero-order valence-electron chi connectivity index (χ0n) is 17.4. The van der Waals surface area contributed by atoms with Crippen LogP contribution < -0.4 is 14.8 Å². The molecule has 5 rings (SSSR count). The van der Waals surface area contributed by atoms with Crippen LogP contribution in [0.3, 0.4) is 0 Å². The number of amides is 1. The van der Waals surface area contributed by atoms with Crippen LogP contribution in [-0.4, -0.2) is 12.7 Å². The van der Waals surface area contributed by atoms with Crippen LogP contribution in [0.2, 0.25) is 5.02 Å². The first-order chi connectivity index (χ1) is 15.0. The molecule has 2 aromatic carbocycles. The molecule has 0 aromatic heterocycles. The number of allylic oxidation sites excluding steroid dienone is 6. The van der Waals surface area contributed by atoms with Crippen molar-refractivity contribution in [1.82, 2.24) is 5.32 Å². The van der Waals surface area contributed by atoms with Gasteiger partial charge in [0.1, 0.15) is 0 Å². The van der Waals surface area contributed by atoms with Gasteiger partial charge in [0.15, 0.2) is 11.5 Å². The lowest BCUT2D eigenvalue weighted by Crippen LogP contribution is -2.34. The molecule has 3 aliphatic rings. The average molecular weight is 434 g/mol. The van der Waals surface area contributed by atoms with Gasteiger partial charge in [-0.2, -0.15) is 0 Å². The second-order valence-electron chi connectivity index (χ2n) is 8.31. The fourth-order valence-electron chi connectivity index (χ4n) is 4.29. The van der Waals surface area contributed by atoms with Crippen molar-refractivity contribution in [3.05, 3.63) is 88.1 Å². The van der Waals surface area contributed by atoms with Crippen molar-refractivity contribution in [3.63, 3.8) is 0 Å². The second kappa shape index (κ2) is 7.93. The van der Waals surface area contributed by atoms with E-state index >= 15 is 0 Å². The maximum absolute atomic E-state index is 13.2. The average Bonchev–Trinajstić information content (AvgIpc) is 3.41. The molecular weight excluding hydrogens is 410 g/mol. The molecule has 1 fully saturated rings. The minimum Gasteiger partial charge on any atom is -0.454 e. The molecule has 0 unspecified atom stereocenters. The number of benzene rings is 2. The Morgan fingerprint density at radius 3 is 2.74 bits per heavy atom. The van der Waals surface area contributed by atoms with E-state index in [2.05, 4.69) is 30.5 Å². The van der Waals surface area contributed by atoms with E-state index < -0.39 is 5.41 Å². The van der Waals surface area contributed by atoms with E-state index in [0.29, 0.717) is 0 Å². The largest absolute Gasteiger partial charge is 0.454 e. The molecule has 0 spiro atoms. The highest BCUT2D eigenvalue weighted by atomic mass is 35.5. The molecule has 158 valence electrons. The lowest BCUT2D eigenvalue weighted by Gasteiger charge is -2.18. The number of carbonyl (C=O) groups is 1. The maximum Gasteiger partial charge on any atom is 0.234 e. The van der Waals surface area contributed by atoms with Crippen molar-refractivity contribution in [2.75, 3.05) is 6.79 Å². The molecule has 0 atom stereocenters. The van der Waals surface area contributed by atoms with E-state index in [1.807, 2.05) is 42.5 Å². The normalized spacial score (nSPS) is 20.2. The third-order valence-electron chi connectivity index (χ3n) is 6.23. The number of ether oxygens (including phenoxy) is 2. The molecule has 1 amide bonds. The predicted octanol–water partition coefficient (Wildman–Crippen LogP) is 5.84. The molecule has 1 heterocycles. The molecule has 5 heteroatoms. The maximum atomic E-state index is 13.2. The van der Waals surface area contributed by atoms with E-state index in [4.69, 9.17) is 21.1 Å². The van der Waals surface area contributed by atoms with Gasteiger partial charge in [0.2, 0.25) is 12.7 Å². The number of hydrogen-bond acceptors (Lipinski definition) is 3. The van der Waals surface area contributed by atoms with Crippen LogP contribution in [0.5, 0.6) is 11.5 Å². The molecule has 0 bridgehead atoms. The fourth-order valence-corrected chi connectivity index (χ4v) is 4.52. The third kappa shape index (κ3) is 3.88. The van der Waals surface area contributed by atoms with Gasteiger partial charge in [-0.05, 0) is 85.2 Å². The van der Waals surface area contributed by atoms with E-state index in [9.17, 15) is 4.79 Å². The summed E-state index contributed by atoms with van der Waals surface area (Å²) >= 11 is 6.10. The smallest absolute Gasteiger partial charge is 0.234 e. The van der Waals surface area contributed by atoms with Crippen molar-refractivity contribution in [1.29, 1.82) is 0 Å². The number of aryl methyl sites for hydroxylation is 1. The zero-order valence-corrected chi connectivity index (χ0v) is 18.2. The monoisotopic (exact) mass is 433 g/mol.